The van der Waals surface area contributed by atoms with Crippen LogP contribution in [0.5, 0.6) is 0 Å². The maximum Gasteiger partial charge on any atom is 0.239 e. The lowest BCUT2D eigenvalue weighted by Crippen LogP contribution is -2.41. The molecule has 1 N–H and O–H groups in total. The Balaban J connectivity index is 2.00. The molecule has 3 amide bonds. The van der Waals surface area contributed by atoms with Crippen molar-refractivity contribution in [1.82, 2.24) is 15.1 Å². The Bertz CT molecular complexity index is 395. The average Bonchev–Trinajstić information content (AvgIpc) is 2.60. The molecule has 106 valence electrons. The molecule has 0 spiro atoms. The molecule has 0 radical (unpaired) electrons. The molecule has 2 rings (SSSR count). The van der Waals surface area contributed by atoms with Crippen LogP contribution in [-0.4, -0.2) is 59.7 Å². The summed E-state index contributed by atoms with van der Waals surface area (Å²) < 4.78 is 0. The molecule has 0 aromatic carbocycles. The third-order valence-electron chi connectivity index (χ3n) is 3.70. The van der Waals surface area contributed by atoms with Crippen molar-refractivity contribution in [2.75, 3.05) is 26.2 Å². The quantitative estimate of drug-likeness (QED) is 0.739. The van der Waals surface area contributed by atoms with Crippen LogP contribution >= 0.6 is 0 Å². The fraction of sp³-hybridized carbons (Fsp3) is 0.769. The molecule has 0 aromatic rings. The number of hydrogen-bond donors (Lipinski definition) is 1. The largest absolute Gasteiger partial charge is 0.354 e. The summed E-state index contributed by atoms with van der Waals surface area (Å²) in [6, 6.07) is 0.123. The molecule has 1 atom stereocenters. The van der Waals surface area contributed by atoms with Gasteiger partial charge in [0.15, 0.2) is 0 Å². The molecule has 2 aliphatic heterocycles. The van der Waals surface area contributed by atoms with E-state index in [1.807, 2.05) is 13.8 Å². The van der Waals surface area contributed by atoms with E-state index in [4.69, 9.17) is 0 Å². The lowest BCUT2D eigenvalue weighted by Gasteiger charge is -2.24. The van der Waals surface area contributed by atoms with Crippen molar-refractivity contribution in [1.29, 1.82) is 0 Å². The van der Waals surface area contributed by atoms with Gasteiger partial charge in [0, 0.05) is 32.1 Å². The van der Waals surface area contributed by atoms with Crippen molar-refractivity contribution in [3.63, 3.8) is 0 Å². The van der Waals surface area contributed by atoms with Crippen LogP contribution < -0.4 is 5.32 Å². The summed E-state index contributed by atoms with van der Waals surface area (Å²) in [6.45, 7) is 5.70. The highest BCUT2D eigenvalue weighted by Crippen LogP contribution is 2.22. The minimum absolute atomic E-state index is 0.0348. The molecule has 0 bridgehead atoms. The van der Waals surface area contributed by atoms with Crippen LogP contribution in [0.4, 0.5) is 0 Å². The normalized spacial score (nSPS) is 24.7. The molecule has 6 nitrogen and oxygen atoms in total. The second-order valence-electron chi connectivity index (χ2n) is 5.50. The summed E-state index contributed by atoms with van der Waals surface area (Å²) in [7, 11) is 0. The number of carbonyl (C=O) groups excluding carboxylic acids is 3. The van der Waals surface area contributed by atoms with Crippen molar-refractivity contribution in [3.8, 4) is 0 Å². The average molecular weight is 267 g/mol. The Morgan fingerprint density at radius 3 is 2.74 bits per heavy atom. The molecular weight excluding hydrogens is 246 g/mol. The van der Waals surface area contributed by atoms with E-state index in [1.54, 1.807) is 9.80 Å². The summed E-state index contributed by atoms with van der Waals surface area (Å²) in [6.07, 6.45) is 1.04. The van der Waals surface area contributed by atoms with Crippen molar-refractivity contribution in [2.24, 2.45) is 5.92 Å². The highest BCUT2D eigenvalue weighted by Gasteiger charge is 2.37. The monoisotopic (exact) mass is 267 g/mol. The standard InChI is InChI=1S/C13H21N3O3/c1-9(2)16-7-10(6-12(16)18)13(19)15-5-3-4-14-11(17)8-15/h9-10H,3-8H2,1-2H3,(H,14,17). The van der Waals surface area contributed by atoms with E-state index in [0.717, 1.165) is 6.42 Å². The van der Waals surface area contributed by atoms with Gasteiger partial charge in [0.2, 0.25) is 17.7 Å². The Hall–Kier alpha value is -1.59. The van der Waals surface area contributed by atoms with E-state index >= 15 is 0 Å². The van der Waals surface area contributed by atoms with Gasteiger partial charge in [-0.1, -0.05) is 0 Å². The molecule has 2 saturated heterocycles. The first-order valence-corrected chi connectivity index (χ1v) is 6.84. The Morgan fingerprint density at radius 2 is 2.11 bits per heavy atom. The molecule has 6 heteroatoms. The summed E-state index contributed by atoms with van der Waals surface area (Å²) in [4.78, 5) is 39.0. The molecule has 1 unspecified atom stereocenters. The van der Waals surface area contributed by atoms with Gasteiger partial charge >= 0.3 is 0 Å². The minimum atomic E-state index is -0.291. The third kappa shape index (κ3) is 3.05. The van der Waals surface area contributed by atoms with Crippen molar-refractivity contribution in [3.05, 3.63) is 0 Å². The van der Waals surface area contributed by atoms with Crippen LogP contribution in [0.25, 0.3) is 0 Å². The van der Waals surface area contributed by atoms with Crippen LogP contribution in [0.1, 0.15) is 26.7 Å². The smallest absolute Gasteiger partial charge is 0.239 e. The SMILES string of the molecule is CC(C)N1CC(C(=O)N2CCCNC(=O)C2)CC1=O. The summed E-state index contributed by atoms with van der Waals surface area (Å²) >= 11 is 0. The number of nitrogens with one attached hydrogen (secondary N) is 1. The van der Waals surface area contributed by atoms with E-state index in [9.17, 15) is 14.4 Å². The maximum atomic E-state index is 12.4. The minimum Gasteiger partial charge on any atom is -0.354 e. The van der Waals surface area contributed by atoms with Gasteiger partial charge in [-0.15, -0.1) is 0 Å². The lowest BCUT2D eigenvalue weighted by molar-refractivity contribution is -0.138. The predicted octanol–water partition coefficient (Wildman–Crippen LogP) is -0.408. The van der Waals surface area contributed by atoms with Gasteiger partial charge in [-0.05, 0) is 20.3 Å². The van der Waals surface area contributed by atoms with Gasteiger partial charge in [0.25, 0.3) is 0 Å². The van der Waals surface area contributed by atoms with Crippen molar-refractivity contribution >= 4 is 17.7 Å². The van der Waals surface area contributed by atoms with E-state index in [-0.39, 0.29) is 42.6 Å². The fourth-order valence-corrected chi connectivity index (χ4v) is 2.65. The molecule has 19 heavy (non-hydrogen) atoms. The van der Waals surface area contributed by atoms with E-state index < -0.39 is 0 Å². The molecule has 0 aliphatic carbocycles. The third-order valence-corrected chi connectivity index (χ3v) is 3.70. The molecule has 2 aliphatic rings. The Labute approximate surface area is 113 Å². The van der Waals surface area contributed by atoms with Gasteiger partial charge < -0.3 is 15.1 Å². The second kappa shape index (κ2) is 5.59. The Morgan fingerprint density at radius 1 is 1.37 bits per heavy atom. The molecule has 0 aromatic heterocycles. The van der Waals surface area contributed by atoms with Crippen LogP contribution in [-0.2, 0) is 14.4 Å². The number of amides is 3. The Kier molecular flexibility index (Phi) is 4.07. The number of rotatable bonds is 2. The zero-order chi connectivity index (χ0) is 14.0. The number of nitrogens with zero attached hydrogens (tertiary/aromatic N) is 2. The van der Waals surface area contributed by atoms with E-state index in [0.29, 0.717) is 19.6 Å². The molecule has 2 heterocycles. The molecule has 0 saturated carbocycles. The number of likely N-dealkylation sites (tertiary alicyclic amines) is 1. The van der Waals surface area contributed by atoms with Crippen LogP contribution in [0.3, 0.4) is 0 Å². The van der Waals surface area contributed by atoms with Gasteiger partial charge in [0.05, 0.1) is 12.5 Å². The number of carbonyl (C=O) groups is 3. The second-order valence-corrected chi connectivity index (χ2v) is 5.50. The highest BCUT2D eigenvalue weighted by molar-refractivity contribution is 5.91. The topological polar surface area (TPSA) is 69.7 Å². The van der Waals surface area contributed by atoms with Crippen molar-refractivity contribution < 1.29 is 14.4 Å². The van der Waals surface area contributed by atoms with E-state index in [1.165, 1.54) is 0 Å². The first kappa shape index (κ1) is 13.8. The van der Waals surface area contributed by atoms with Crippen LogP contribution in [0.2, 0.25) is 0 Å². The summed E-state index contributed by atoms with van der Waals surface area (Å²) in [5, 5.41) is 2.75. The number of hydrogen-bond acceptors (Lipinski definition) is 3. The first-order chi connectivity index (χ1) is 8.99. The fourth-order valence-electron chi connectivity index (χ4n) is 2.65. The van der Waals surface area contributed by atoms with Gasteiger partial charge in [-0.25, -0.2) is 0 Å². The van der Waals surface area contributed by atoms with E-state index in [2.05, 4.69) is 5.32 Å². The zero-order valence-corrected chi connectivity index (χ0v) is 11.5. The van der Waals surface area contributed by atoms with Crippen LogP contribution in [0, 0.1) is 5.92 Å². The predicted molar refractivity (Wildman–Crippen MR) is 69.2 cm³/mol. The maximum absolute atomic E-state index is 12.4. The van der Waals surface area contributed by atoms with Gasteiger partial charge in [0.1, 0.15) is 0 Å². The van der Waals surface area contributed by atoms with Crippen LogP contribution in [0.15, 0.2) is 0 Å². The lowest BCUT2D eigenvalue weighted by atomic mass is 10.1. The van der Waals surface area contributed by atoms with Gasteiger partial charge in [-0.2, -0.15) is 0 Å². The van der Waals surface area contributed by atoms with Gasteiger partial charge in [-0.3, -0.25) is 14.4 Å². The molecule has 2 fully saturated rings. The highest BCUT2D eigenvalue weighted by atomic mass is 16.2. The summed E-state index contributed by atoms with van der Waals surface area (Å²) in [5.41, 5.74) is 0. The van der Waals surface area contributed by atoms with Crippen molar-refractivity contribution in [2.45, 2.75) is 32.7 Å². The summed E-state index contributed by atoms with van der Waals surface area (Å²) in [5.74, 6) is -0.433. The first-order valence-electron chi connectivity index (χ1n) is 6.84. The molecular formula is C13H21N3O3. The zero-order valence-electron chi connectivity index (χ0n) is 11.5.